The first-order chi connectivity index (χ1) is 21.6. The number of anilines is 1. The van der Waals surface area contributed by atoms with Crippen molar-refractivity contribution in [3.8, 4) is 17.1 Å². The van der Waals surface area contributed by atoms with Crippen LogP contribution in [0.2, 0.25) is 0 Å². The molecule has 2 fully saturated rings. The molecule has 2 aromatic carbocycles. The van der Waals surface area contributed by atoms with Gasteiger partial charge in [-0.05, 0) is 61.9 Å². The highest BCUT2D eigenvalue weighted by Gasteiger charge is 2.62. The van der Waals surface area contributed by atoms with Crippen molar-refractivity contribution in [3.63, 3.8) is 0 Å². The molecule has 3 aliphatic rings. The Hall–Kier alpha value is -3.71. The van der Waals surface area contributed by atoms with E-state index in [2.05, 4.69) is 9.71 Å². The summed E-state index contributed by atoms with van der Waals surface area (Å²) in [5.41, 5.74) is 0.844. The van der Waals surface area contributed by atoms with E-state index in [-0.39, 0.29) is 73.7 Å². The van der Waals surface area contributed by atoms with Gasteiger partial charge in [0.15, 0.2) is 0 Å². The van der Waals surface area contributed by atoms with Crippen LogP contribution in [-0.4, -0.2) is 79.1 Å². The Morgan fingerprint density at radius 3 is 2.46 bits per heavy atom. The van der Waals surface area contributed by atoms with Crippen LogP contribution in [-0.2, 0) is 15.4 Å². The number of fused-ring (bicyclic) bond motifs is 6. The number of nitrogens with one attached hydrogen (secondary N) is 1. The highest BCUT2D eigenvalue weighted by molar-refractivity contribution is 7.92. The van der Waals surface area contributed by atoms with E-state index < -0.39 is 33.1 Å². The number of carbonyl (C=O) groups excluding carboxylic acids is 1. The van der Waals surface area contributed by atoms with Gasteiger partial charge < -0.3 is 9.64 Å². The van der Waals surface area contributed by atoms with Gasteiger partial charge in [0, 0.05) is 36.3 Å². The van der Waals surface area contributed by atoms with Gasteiger partial charge in [0.05, 0.1) is 22.0 Å². The van der Waals surface area contributed by atoms with Crippen LogP contribution in [0.15, 0.2) is 53.4 Å². The number of aryl methyl sites for hydroxylation is 1. The Kier molecular flexibility index (Phi) is 8.07. The van der Waals surface area contributed by atoms with Crippen molar-refractivity contribution in [2.24, 2.45) is 5.41 Å². The molecule has 1 amide bonds. The Bertz CT molecular complexity index is 1770. The molecular weight excluding hydrogens is 619 g/mol. The smallest absolute Gasteiger partial charge is 0.394 e. The van der Waals surface area contributed by atoms with Crippen LogP contribution < -0.4 is 9.46 Å². The second-order valence-electron chi connectivity index (χ2n) is 13.6. The summed E-state index contributed by atoms with van der Waals surface area (Å²) < 4.78 is 77.5. The average Bonchev–Trinajstić information content (AvgIpc) is 3.79. The van der Waals surface area contributed by atoms with Crippen molar-refractivity contribution in [2.45, 2.75) is 69.5 Å². The molecule has 1 aliphatic carbocycles. The van der Waals surface area contributed by atoms with Gasteiger partial charge in [-0.2, -0.15) is 18.2 Å². The van der Waals surface area contributed by atoms with E-state index in [4.69, 9.17) is 9.72 Å². The van der Waals surface area contributed by atoms with Crippen LogP contribution in [0.5, 0.6) is 5.88 Å². The number of hydrogen-bond acceptors (Lipinski definition) is 7. The third-order valence-corrected chi connectivity index (χ3v) is 10.6. The largest absolute Gasteiger partial charge is 0.476 e. The molecule has 0 radical (unpaired) electrons. The van der Waals surface area contributed by atoms with Crippen molar-refractivity contribution in [2.75, 3.05) is 37.5 Å². The van der Waals surface area contributed by atoms with E-state index in [1.54, 1.807) is 11.0 Å². The molecule has 1 N–H and O–H groups in total. The lowest BCUT2D eigenvalue weighted by Crippen LogP contribution is -2.57. The summed E-state index contributed by atoms with van der Waals surface area (Å²) in [6.07, 6.45) is -4.02. The van der Waals surface area contributed by atoms with Gasteiger partial charge >= 0.3 is 6.18 Å². The molecule has 1 saturated heterocycles. The zero-order valence-corrected chi connectivity index (χ0v) is 27.1. The van der Waals surface area contributed by atoms with E-state index >= 15 is 0 Å². The number of piperazine rings is 1. The molecule has 3 heterocycles. The lowest BCUT2D eigenvalue weighted by molar-refractivity contribution is -0.190. The second-order valence-corrected chi connectivity index (χ2v) is 15.2. The third-order valence-electron chi connectivity index (χ3n) is 9.28. The fourth-order valence-electron chi connectivity index (χ4n) is 6.35. The van der Waals surface area contributed by atoms with Crippen molar-refractivity contribution < 1.29 is 31.1 Å². The number of hydrogen-bond donors (Lipinski definition) is 1. The Balaban J connectivity index is 1.46. The number of carbonyl (C=O) groups is 1. The van der Waals surface area contributed by atoms with Crippen LogP contribution in [0, 0.1) is 12.3 Å². The first kappa shape index (κ1) is 32.2. The normalized spacial score (nSPS) is 21.2. The summed E-state index contributed by atoms with van der Waals surface area (Å²) in [4.78, 5) is 26.4. The Morgan fingerprint density at radius 2 is 1.78 bits per heavy atom. The Morgan fingerprint density at radius 1 is 1.04 bits per heavy atom. The molecular formula is C33H38F3N5O4S. The third kappa shape index (κ3) is 6.18. The summed E-state index contributed by atoms with van der Waals surface area (Å²) >= 11 is 0. The van der Waals surface area contributed by atoms with Gasteiger partial charge in [-0.15, -0.1) is 0 Å². The average molecular weight is 658 g/mol. The Labute approximate surface area is 267 Å². The molecule has 1 atom stereocenters. The highest BCUT2D eigenvalue weighted by Crippen LogP contribution is 2.60. The molecule has 9 nitrogen and oxygen atoms in total. The zero-order chi connectivity index (χ0) is 33.1. The molecule has 1 saturated carbocycles. The molecule has 1 aromatic heterocycles. The number of halogens is 3. The van der Waals surface area contributed by atoms with E-state index in [1.165, 1.54) is 18.2 Å². The highest BCUT2D eigenvalue weighted by atomic mass is 32.2. The van der Waals surface area contributed by atoms with Crippen LogP contribution in [0.3, 0.4) is 0 Å². The summed E-state index contributed by atoms with van der Waals surface area (Å²) in [6, 6.07) is 12.9. The first-order valence-corrected chi connectivity index (χ1v) is 16.9. The quantitative estimate of drug-likeness (QED) is 0.378. The molecule has 6 rings (SSSR count). The van der Waals surface area contributed by atoms with E-state index in [1.807, 2.05) is 56.9 Å². The minimum absolute atomic E-state index is 0.0162. The van der Waals surface area contributed by atoms with Gasteiger partial charge in [0.2, 0.25) is 11.8 Å². The minimum Gasteiger partial charge on any atom is -0.476 e. The van der Waals surface area contributed by atoms with Gasteiger partial charge in [0.1, 0.15) is 6.61 Å². The maximum atomic E-state index is 13.8. The number of sulfonamides is 1. The zero-order valence-electron chi connectivity index (χ0n) is 26.3. The van der Waals surface area contributed by atoms with E-state index in [9.17, 15) is 26.4 Å². The molecule has 46 heavy (non-hydrogen) atoms. The first-order valence-electron chi connectivity index (χ1n) is 15.4. The summed E-state index contributed by atoms with van der Waals surface area (Å²) in [5.74, 6) is -0.389. The van der Waals surface area contributed by atoms with Crippen molar-refractivity contribution >= 4 is 21.9 Å². The van der Waals surface area contributed by atoms with Gasteiger partial charge in [0.25, 0.3) is 15.9 Å². The number of ether oxygens (including phenoxy) is 1. The van der Waals surface area contributed by atoms with Crippen molar-refractivity contribution in [1.29, 1.82) is 0 Å². The fraction of sp³-hybridized carbons (Fsp3) is 0.485. The second kappa shape index (κ2) is 11.5. The maximum Gasteiger partial charge on any atom is 0.394 e. The van der Waals surface area contributed by atoms with Crippen molar-refractivity contribution in [3.05, 3.63) is 65.2 Å². The lowest BCUT2D eigenvalue weighted by Gasteiger charge is -2.42. The molecule has 6 bridgehead atoms. The SMILES string of the molecule is Cc1ccccc1-c1nc2nc(c1C(C)(C)C)OCC1CN(CCN1CCC1(C(F)(F)F)CC1)C(=O)c1cccc(c1)S(=O)(=O)N2. The number of alkyl halides is 3. The number of amides is 1. The monoisotopic (exact) mass is 657 g/mol. The number of rotatable bonds is 4. The molecule has 0 spiro atoms. The van der Waals surface area contributed by atoms with Crippen LogP contribution in [0.4, 0.5) is 19.1 Å². The number of aromatic nitrogens is 2. The van der Waals surface area contributed by atoms with E-state index in [0.29, 0.717) is 17.8 Å². The lowest BCUT2D eigenvalue weighted by atomic mass is 9.84. The molecule has 2 aliphatic heterocycles. The minimum atomic E-state index is -4.26. The molecule has 3 aromatic rings. The van der Waals surface area contributed by atoms with Gasteiger partial charge in [-0.1, -0.05) is 51.1 Å². The maximum absolute atomic E-state index is 13.8. The van der Waals surface area contributed by atoms with Crippen LogP contribution >= 0.6 is 0 Å². The number of benzene rings is 2. The summed E-state index contributed by atoms with van der Waals surface area (Å²) in [7, 11) is -4.21. The summed E-state index contributed by atoms with van der Waals surface area (Å²) in [6.45, 7) is 8.93. The van der Waals surface area contributed by atoms with Crippen LogP contribution in [0.1, 0.15) is 61.5 Å². The van der Waals surface area contributed by atoms with Crippen LogP contribution in [0.25, 0.3) is 11.3 Å². The summed E-state index contributed by atoms with van der Waals surface area (Å²) in [5, 5.41) is 0. The predicted molar refractivity (Wildman–Crippen MR) is 167 cm³/mol. The molecule has 1 unspecified atom stereocenters. The van der Waals surface area contributed by atoms with Gasteiger partial charge in [-0.25, -0.2) is 18.1 Å². The van der Waals surface area contributed by atoms with E-state index in [0.717, 1.165) is 11.1 Å². The van der Waals surface area contributed by atoms with Gasteiger partial charge in [-0.3, -0.25) is 9.69 Å². The fourth-order valence-corrected chi connectivity index (χ4v) is 7.34. The molecule has 13 heteroatoms. The topological polar surface area (TPSA) is 105 Å². The standard InChI is InChI=1S/C33H38F3N5O4S/c1-21-8-5-6-11-25(21)27-26(31(2,3)4)28-38-30(37-27)39-46(43,44)24-10-7-9-22(18-24)29(42)41-17-16-40(23(19-41)20-45-28)15-14-32(12-13-32)33(34,35)36/h5-11,18,23H,12-17,19-20H2,1-4H3,(H,37,38,39). The number of nitrogens with zero attached hydrogens (tertiary/aromatic N) is 4. The predicted octanol–water partition coefficient (Wildman–Crippen LogP) is 5.80. The van der Waals surface area contributed by atoms with Crippen molar-refractivity contribution in [1.82, 2.24) is 19.8 Å². The molecule has 246 valence electrons.